The molecule has 0 aromatic carbocycles. The lowest BCUT2D eigenvalue weighted by Gasteiger charge is -2.08. The first-order valence-electron chi connectivity index (χ1n) is 6.99. The minimum atomic E-state index is -3.48. The highest BCUT2D eigenvalue weighted by Crippen LogP contribution is 2.25. The Morgan fingerprint density at radius 2 is 1.96 bits per heavy atom. The normalized spacial score (nSPS) is 11.5. The van der Waals surface area contributed by atoms with Crippen LogP contribution in [0.15, 0.2) is 57.0 Å². The maximum Gasteiger partial charge on any atom is 0.250 e. The van der Waals surface area contributed by atoms with E-state index in [1.54, 1.807) is 18.2 Å². The molecule has 0 aliphatic rings. The third-order valence-corrected chi connectivity index (χ3v) is 6.63. The number of nitrogens with one attached hydrogen (secondary N) is 2. The molecule has 3 rings (SSSR count). The first kappa shape index (κ1) is 17.1. The number of thiophene rings is 1. The molecule has 0 atom stereocenters. The van der Waals surface area contributed by atoms with Crippen LogP contribution in [0.3, 0.4) is 0 Å². The van der Waals surface area contributed by atoms with Crippen molar-refractivity contribution in [3.63, 3.8) is 0 Å². The molecule has 24 heavy (non-hydrogen) atoms. The van der Waals surface area contributed by atoms with Crippen molar-refractivity contribution in [1.82, 2.24) is 19.3 Å². The van der Waals surface area contributed by atoms with Gasteiger partial charge < -0.3 is 9.88 Å². The number of nitrogens with zero attached hydrogens (tertiary/aromatic N) is 3. The second kappa shape index (κ2) is 7.43. The van der Waals surface area contributed by atoms with Gasteiger partial charge in [-0.1, -0.05) is 0 Å². The molecule has 0 fully saturated rings. The van der Waals surface area contributed by atoms with Gasteiger partial charge in [0.2, 0.25) is 10.0 Å². The van der Waals surface area contributed by atoms with E-state index in [9.17, 15) is 8.42 Å². The molecule has 0 aliphatic heterocycles. The molecule has 3 aromatic rings. The summed E-state index contributed by atoms with van der Waals surface area (Å²) in [6, 6.07) is 8.89. The summed E-state index contributed by atoms with van der Waals surface area (Å²) >= 11 is 4.43. The van der Waals surface area contributed by atoms with Crippen molar-refractivity contribution in [1.29, 1.82) is 0 Å². The number of sulfonamides is 1. The van der Waals surface area contributed by atoms with E-state index in [1.165, 1.54) is 17.7 Å². The minimum Gasteiger partial charge on any atom is -0.369 e. The van der Waals surface area contributed by atoms with Gasteiger partial charge in [-0.15, -0.1) is 11.3 Å². The fraction of sp³-hybridized carbons (Fsp3) is 0.143. The van der Waals surface area contributed by atoms with Crippen molar-refractivity contribution < 1.29 is 8.42 Å². The van der Waals surface area contributed by atoms with Crippen LogP contribution in [0, 0.1) is 0 Å². The Morgan fingerprint density at radius 3 is 2.67 bits per heavy atom. The summed E-state index contributed by atoms with van der Waals surface area (Å²) in [6.07, 6.45) is 5.24. The number of hydrogen-bond donors (Lipinski definition) is 2. The second-order valence-corrected chi connectivity index (χ2v) is 9.19. The summed E-state index contributed by atoms with van der Waals surface area (Å²) in [5.74, 6) is 1.37. The topological polar surface area (TPSA) is 88.9 Å². The Morgan fingerprint density at radius 1 is 1.17 bits per heavy atom. The number of anilines is 1. The van der Waals surface area contributed by atoms with Crippen molar-refractivity contribution in [3.8, 4) is 5.82 Å². The Kier molecular flexibility index (Phi) is 5.29. The van der Waals surface area contributed by atoms with Crippen LogP contribution in [-0.4, -0.2) is 36.0 Å². The Balaban J connectivity index is 1.54. The van der Waals surface area contributed by atoms with Crippen LogP contribution in [-0.2, 0) is 10.0 Å². The summed E-state index contributed by atoms with van der Waals surface area (Å²) in [5, 5.41) is 3.08. The van der Waals surface area contributed by atoms with Crippen LogP contribution in [0.5, 0.6) is 0 Å². The number of hydrogen-bond acceptors (Lipinski definition) is 6. The van der Waals surface area contributed by atoms with Crippen molar-refractivity contribution in [3.05, 3.63) is 52.8 Å². The molecule has 126 valence electrons. The van der Waals surface area contributed by atoms with Crippen molar-refractivity contribution >= 4 is 43.1 Å². The highest BCUT2D eigenvalue weighted by atomic mass is 79.9. The molecule has 2 N–H and O–H groups in total. The van der Waals surface area contributed by atoms with E-state index in [0.29, 0.717) is 12.4 Å². The first-order chi connectivity index (χ1) is 11.5. The van der Waals surface area contributed by atoms with E-state index in [2.05, 4.69) is 35.9 Å². The van der Waals surface area contributed by atoms with Gasteiger partial charge in [0.1, 0.15) is 22.2 Å². The fourth-order valence-electron chi connectivity index (χ4n) is 1.96. The molecule has 3 heterocycles. The van der Waals surface area contributed by atoms with Gasteiger partial charge in [0.15, 0.2) is 0 Å². The van der Waals surface area contributed by atoms with E-state index in [-0.39, 0.29) is 10.8 Å². The lowest BCUT2D eigenvalue weighted by atomic mass is 10.5. The molecule has 7 nitrogen and oxygen atoms in total. The molecular weight excluding hydrogens is 414 g/mol. The molecule has 0 bridgehead atoms. The first-order valence-corrected chi connectivity index (χ1v) is 10.1. The van der Waals surface area contributed by atoms with Crippen molar-refractivity contribution in [2.24, 2.45) is 0 Å². The predicted molar refractivity (Wildman–Crippen MR) is 97.1 cm³/mol. The third kappa shape index (κ3) is 4.20. The van der Waals surface area contributed by atoms with Crippen LogP contribution in [0.4, 0.5) is 5.82 Å². The Labute approximate surface area is 152 Å². The summed E-state index contributed by atoms with van der Waals surface area (Å²) in [7, 11) is -3.48. The van der Waals surface area contributed by atoms with E-state index >= 15 is 0 Å². The van der Waals surface area contributed by atoms with Crippen LogP contribution in [0.25, 0.3) is 5.82 Å². The maximum absolute atomic E-state index is 12.1. The number of halogens is 1. The van der Waals surface area contributed by atoms with Gasteiger partial charge in [-0.3, -0.25) is 0 Å². The van der Waals surface area contributed by atoms with E-state index in [1.807, 2.05) is 29.1 Å². The largest absolute Gasteiger partial charge is 0.369 e. The molecule has 0 unspecified atom stereocenters. The minimum absolute atomic E-state index is 0.251. The van der Waals surface area contributed by atoms with Crippen LogP contribution < -0.4 is 10.0 Å². The molecule has 0 saturated carbocycles. The van der Waals surface area contributed by atoms with Gasteiger partial charge in [-0.25, -0.2) is 23.1 Å². The quantitative estimate of drug-likeness (QED) is 0.565. The summed E-state index contributed by atoms with van der Waals surface area (Å²) in [5.41, 5.74) is 0. The smallest absolute Gasteiger partial charge is 0.250 e. The molecule has 0 saturated heterocycles. The Hall–Kier alpha value is -1.75. The van der Waals surface area contributed by atoms with Gasteiger partial charge in [0, 0.05) is 31.5 Å². The fourth-order valence-corrected chi connectivity index (χ4v) is 5.05. The molecule has 0 spiro atoms. The number of rotatable bonds is 7. The average molecular weight is 428 g/mol. The molecule has 0 amide bonds. The number of aromatic nitrogens is 3. The zero-order chi connectivity index (χ0) is 17.0. The van der Waals surface area contributed by atoms with E-state index < -0.39 is 10.0 Å². The second-order valence-electron chi connectivity index (χ2n) is 4.73. The highest BCUT2D eigenvalue weighted by molar-refractivity contribution is 9.11. The molecule has 3 aromatic heterocycles. The SMILES string of the molecule is O=S(=O)(NCCNc1cc(-n2cccc2)ncn1)c1ccc(Br)s1. The van der Waals surface area contributed by atoms with Crippen LogP contribution in [0.2, 0.25) is 0 Å². The predicted octanol–water partition coefficient (Wildman–Crippen LogP) is 2.48. The lowest BCUT2D eigenvalue weighted by molar-refractivity contribution is 0.585. The zero-order valence-corrected chi connectivity index (χ0v) is 15.6. The Bertz CT molecular complexity index is 909. The van der Waals surface area contributed by atoms with Gasteiger partial charge in [0.25, 0.3) is 0 Å². The van der Waals surface area contributed by atoms with E-state index in [4.69, 9.17) is 0 Å². The summed E-state index contributed by atoms with van der Waals surface area (Å²) in [4.78, 5) is 8.32. The average Bonchev–Trinajstić information content (AvgIpc) is 3.23. The molecule has 0 radical (unpaired) electrons. The van der Waals surface area contributed by atoms with Crippen molar-refractivity contribution in [2.75, 3.05) is 18.4 Å². The van der Waals surface area contributed by atoms with Crippen LogP contribution in [0.1, 0.15) is 0 Å². The zero-order valence-electron chi connectivity index (χ0n) is 12.4. The summed E-state index contributed by atoms with van der Waals surface area (Å²) < 4.78 is 29.7. The van der Waals surface area contributed by atoms with Gasteiger partial charge in [-0.2, -0.15) is 0 Å². The van der Waals surface area contributed by atoms with Crippen LogP contribution >= 0.6 is 27.3 Å². The molecule has 0 aliphatic carbocycles. The highest BCUT2D eigenvalue weighted by Gasteiger charge is 2.15. The monoisotopic (exact) mass is 427 g/mol. The van der Waals surface area contributed by atoms with Gasteiger partial charge in [-0.05, 0) is 40.2 Å². The lowest BCUT2D eigenvalue weighted by Crippen LogP contribution is -2.28. The standard InChI is InChI=1S/C14H14BrN5O2S2/c15-11-3-4-14(23-11)24(21,22)19-6-5-16-12-9-13(18-10-17-12)20-7-1-2-8-20/h1-4,7-10,19H,5-6H2,(H,16,17,18). The summed E-state index contributed by atoms with van der Waals surface area (Å²) in [6.45, 7) is 0.661. The van der Waals surface area contributed by atoms with E-state index in [0.717, 1.165) is 9.60 Å². The van der Waals surface area contributed by atoms with Gasteiger partial charge >= 0.3 is 0 Å². The molecular formula is C14H14BrN5O2S2. The van der Waals surface area contributed by atoms with Crippen molar-refractivity contribution in [2.45, 2.75) is 4.21 Å². The van der Waals surface area contributed by atoms with Gasteiger partial charge in [0.05, 0.1) is 3.79 Å². The third-order valence-electron chi connectivity index (χ3n) is 3.06. The maximum atomic E-state index is 12.1. The molecule has 10 heteroatoms.